The Kier molecular flexibility index (Phi) is 6.98. The van der Waals surface area contributed by atoms with Crippen LogP contribution < -0.4 is 0 Å². The number of methoxy groups -OCH3 is 1. The van der Waals surface area contributed by atoms with Crippen molar-refractivity contribution < 1.29 is 9.47 Å². The van der Waals surface area contributed by atoms with Crippen LogP contribution in [0.4, 0.5) is 0 Å². The van der Waals surface area contributed by atoms with Gasteiger partial charge in [0.05, 0.1) is 19.8 Å². The van der Waals surface area contributed by atoms with Gasteiger partial charge in [-0.2, -0.15) is 0 Å². The molecule has 0 amide bonds. The number of piperidine rings is 1. The van der Waals surface area contributed by atoms with Gasteiger partial charge in [-0.3, -0.25) is 0 Å². The minimum Gasteiger partial charge on any atom is -0.382 e. The molecule has 0 aromatic carbocycles. The summed E-state index contributed by atoms with van der Waals surface area (Å²) in [6, 6.07) is 0. The van der Waals surface area contributed by atoms with E-state index in [0.717, 1.165) is 25.7 Å². The second-order valence-electron chi connectivity index (χ2n) is 4.30. The summed E-state index contributed by atoms with van der Waals surface area (Å²) in [5.74, 6) is 0.968. The predicted molar refractivity (Wildman–Crippen MR) is 62.2 cm³/mol. The average Bonchev–Trinajstić information content (AvgIpc) is 2.30. The standard InChI is InChI=1S/C12H25NO2/c1-3-12-4-6-13(7-5-12)8-9-15-11-10-14-2/h12H,3-11H2,1-2H3. The maximum Gasteiger partial charge on any atom is 0.0700 e. The highest BCUT2D eigenvalue weighted by Crippen LogP contribution is 2.19. The lowest BCUT2D eigenvalue weighted by molar-refractivity contribution is 0.0509. The first-order valence-electron chi connectivity index (χ1n) is 6.15. The number of hydrogen-bond acceptors (Lipinski definition) is 3. The van der Waals surface area contributed by atoms with E-state index in [1.807, 2.05) is 0 Å². The van der Waals surface area contributed by atoms with Crippen molar-refractivity contribution in [2.45, 2.75) is 26.2 Å². The van der Waals surface area contributed by atoms with Gasteiger partial charge in [-0.25, -0.2) is 0 Å². The number of rotatable bonds is 7. The molecular formula is C12H25NO2. The molecule has 1 heterocycles. The van der Waals surface area contributed by atoms with Gasteiger partial charge in [-0.15, -0.1) is 0 Å². The lowest BCUT2D eigenvalue weighted by Gasteiger charge is -2.31. The molecule has 1 aliphatic heterocycles. The Morgan fingerprint density at radius 1 is 1.13 bits per heavy atom. The zero-order valence-electron chi connectivity index (χ0n) is 10.2. The largest absolute Gasteiger partial charge is 0.382 e. The zero-order chi connectivity index (χ0) is 10.9. The van der Waals surface area contributed by atoms with E-state index in [0.29, 0.717) is 6.61 Å². The van der Waals surface area contributed by atoms with Crippen LogP contribution in [0, 0.1) is 5.92 Å². The van der Waals surface area contributed by atoms with E-state index >= 15 is 0 Å². The van der Waals surface area contributed by atoms with Crippen LogP contribution in [0.3, 0.4) is 0 Å². The Morgan fingerprint density at radius 2 is 1.87 bits per heavy atom. The van der Waals surface area contributed by atoms with Gasteiger partial charge in [0, 0.05) is 13.7 Å². The second-order valence-corrected chi connectivity index (χ2v) is 4.30. The van der Waals surface area contributed by atoms with Crippen LogP contribution in [0.1, 0.15) is 26.2 Å². The molecule has 0 aliphatic carbocycles. The number of hydrogen-bond donors (Lipinski definition) is 0. The topological polar surface area (TPSA) is 21.7 Å². The van der Waals surface area contributed by atoms with Gasteiger partial charge >= 0.3 is 0 Å². The van der Waals surface area contributed by atoms with Gasteiger partial charge < -0.3 is 14.4 Å². The van der Waals surface area contributed by atoms with Crippen LogP contribution in [-0.2, 0) is 9.47 Å². The Balaban J connectivity index is 1.94. The van der Waals surface area contributed by atoms with Crippen LogP contribution in [0.25, 0.3) is 0 Å². The Labute approximate surface area is 93.7 Å². The third-order valence-electron chi connectivity index (χ3n) is 3.27. The molecule has 0 unspecified atom stereocenters. The minimum absolute atomic E-state index is 0.706. The molecule has 3 heteroatoms. The van der Waals surface area contributed by atoms with Crippen molar-refractivity contribution in [3.8, 4) is 0 Å². The van der Waals surface area contributed by atoms with Gasteiger partial charge in [0.15, 0.2) is 0 Å². The first kappa shape index (κ1) is 12.9. The molecular weight excluding hydrogens is 190 g/mol. The lowest BCUT2D eigenvalue weighted by atomic mass is 9.94. The molecule has 0 radical (unpaired) electrons. The summed E-state index contributed by atoms with van der Waals surface area (Å²) in [4.78, 5) is 2.51. The van der Waals surface area contributed by atoms with Gasteiger partial charge in [0.1, 0.15) is 0 Å². The summed E-state index contributed by atoms with van der Waals surface area (Å²) in [5, 5.41) is 0. The fraction of sp³-hybridized carbons (Fsp3) is 1.00. The average molecular weight is 215 g/mol. The highest BCUT2D eigenvalue weighted by molar-refractivity contribution is 4.70. The normalized spacial score (nSPS) is 19.6. The van der Waals surface area contributed by atoms with Gasteiger partial charge in [-0.05, 0) is 31.8 Å². The molecule has 1 saturated heterocycles. The molecule has 0 N–H and O–H groups in total. The summed E-state index contributed by atoms with van der Waals surface area (Å²) in [6.45, 7) is 8.17. The maximum atomic E-state index is 5.46. The molecule has 0 aromatic rings. The molecule has 1 fully saturated rings. The van der Waals surface area contributed by atoms with Crippen molar-refractivity contribution in [3.63, 3.8) is 0 Å². The van der Waals surface area contributed by atoms with Gasteiger partial charge in [-0.1, -0.05) is 13.3 Å². The molecule has 1 rings (SSSR count). The summed E-state index contributed by atoms with van der Waals surface area (Å²) in [6.07, 6.45) is 4.08. The van der Waals surface area contributed by atoms with Gasteiger partial charge in [0.25, 0.3) is 0 Å². The van der Waals surface area contributed by atoms with E-state index in [1.165, 1.54) is 32.4 Å². The molecule has 0 aromatic heterocycles. The van der Waals surface area contributed by atoms with E-state index in [2.05, 4.69) is 11.8 Å². The van der Waals surface area contributed by atoms with Gasteiger partial charge in [0.2, 0.25) is 0 Å². The molecule has 0 spiro atoms. The SMILES string of the molecule is CCC1CCN(CCOCCOC)CC1. The van der Waals surface area contributed by atoms with Crippen molar-refractivity contribution in [1.29, 1.82) is 0 Å². The van der Waals surface area contributed by atoms with E-state index in [4.69, 9.17) is 9.47 Å². The Bertz CT molecular complexity index is 145. The summed E-state index contributed by atoms with van der Waals surface area (Å²) in [5.41, 5.74) is 0. The van der Waals surface area contributed by atoms with E-state index in [1.54, 1.807) is 7.11 Å². The van der Waals surface area contributed by atoms with E-state index in [9.17, 15) is 0 Å². The fourth-order valence-corrected chi connectivity index (χ4v) is 2.06. The summed E-state index contributed by atoms with van der Waals surface area (Å²) in [7, 11) is 1.71. The summed E-state index contributed by atoms with van der Waals surface area (Å²) < 4.78 is 10.4. The second kappa shape index (κ2) is 8.08. The molecule has 1 aliphatic rings. The quantitative estimate of drug-likeness (QED) is 0.604. The lowest BCUT2D eigenvalue weighted by Crippen LogP contribution is -2.36. The molecule has 0 bridgehead atoms. The van der Waals surface area contributed by atoms with Crippen LogP contribution in [0.5, 0.6) is 0 Å². The fourth-order valence-electron chi connectivity index (χ4n) is 2.06. The number of likely N-dealkylation sites (tertiary alicyclic amines) is 1. The molecule has 0 saturated carbocycles. The highest BCUT2D eigenvalue weighted by atomic mass is 16.5. The minimum atomic E-state index is 0.706. The van der Waals surface area contributed by atoms with Crippen molar-refractivity contribution >= 4 is 0 Å². The van der Waals surface area contributed by atoms with Crippen molar-refractivity contribution in [3.05, 3.63) is 0 Å². The monoisotopic (exact) mass is 215 g/mol. The van der Waals surface area contributed by atoms with E-state index in [-0.39, 0.29) is 0 Å². The third kappa shape index (κ3) is 5.50. The molecule has 3 nitrogen and oxygen atoms in total. The molecule has 90 valence electrons. The Hall–Kier alpha value is -0.120. The van der Waals surface area contributed by atoms with Crippen LogP contribution in [-0.4, -0.2) is 51.5 Å². The predicted octanol–water partition coefficient (Wildman–Crippen LogP) is 1.77. The van der Waals surface area contributed by atoms with Crippen molar-refractivity contribution in [1.82, 2.24) is 4.90 Å². The van der Waals surface area contributed by atoms with Crippen molar-refractivity contribution in [2.75, 3.05) is 46.6 Å². The van der Waals surface area contributed by atoms with Crippen LogP contribution in [0.2, 0.25) is 0 Å². The smallest absolute Gasteiger partial charge is 0.0700 e. The Morgan fingerprint density at radius 3 is 2.47 bits per heavy atom. The first-order valence-corrected chi connectivity index (χ1v) is 6.15. The summed E-state index contributed by atoms with van der Waals surface area (Å²) >= 11 is 0. The van der Waals surface area contributed by atoms with E-state index < -0.39 is 0 Å². The number of nitrogens with zero attached hydrogens (tertiary/aromatic N) is 1. The van der Waals surface area contributed by atoms with Crippen LogP contribution >= 0.6 is 0 Å². The molecule has 0 atom stereocenters. The number of ether oxygens (including phenoxy) is 2. The first-order chi connectivity index (χ1) is 7.36. The van der Waals surface area contributed by atoms with Crippen molar-refractivity contribution in [2.24, 2.45) is 5.92 Å². The van der Waals surface area contributed by atoms with Crippen LogP contribution in [0.15, 0.2) is 0 Å². The maximum absolute atomic E-state index is 5.46. The zero-order valence-corrected chi connectivity index (χ0v) is 10.2. The molecule has 15 heavy (non-hydrogen) atoms. The highest BCUT2D eigenvalue weighted by Gasteiger charge is 2.16. The third-order valence-corrected chi connectivity index (χ3v) is 3.27.